The number of carbonyl (C=O) groups is 1. The third-order valence-electron chi connectivity index (χ3n) is 2.24. The molecule has 76 valence electrons. The van der Waals surface area contributed by atoms with Gasteiger partial charge in [0.05, 0.1) is 7.11 Å². The number of benzene rings is 1. The predicted molar refractivity (Wildman–Crippen MR) is 56.5 cm³/mol. The van der Waals surface area contributed by atoms with Gasteiger partial charge in [0.2, 0.25) is 0 Å². The van der Waals surface area contributed by atoms with Gasteiger partial charge in [-0.3, -0.25) is 0 Å². The molecule has 0 heterocycles. The Bertz CT molecular complexity index is 277. The smallest absolute Gasteiger partial charge is 0.120 e. The molecular weight excluding hydrogens is 176 g/mol. The van der Waals surface area contributed by atoms with Gasteiger partial charge in [-0.05, 0) is 30.0 Å². The molecule has 0 aromatic heterocycles. The van der Waals surface area contributed by atoms with E-state index in [4.69, 9.17) is 4.74 Å². The van der Waals surface area contributed by atoms with Gasteiger partial charge in [0.1, 0.15) is 12.0 Å². The maximum absolute atomic E-state index is 10.3. The summed E-state index contributed by atoms with van der Waals surface area (Å²) in [7, 11) is 1.66. The number of aldehydes is 1. The topological polar surface area (TPSA) is 26.3 Å². The van der Waals surface area contributed by atoms with Gasteiger partial charge in [-0.1, -0.05) is 19.1 Å². The van der Waals surface area contributed by atoms with Crippen LogP contribution >= 0.6 is 0 Å². The van der Waals surface area contributed by atoms with Gasteiger partial charge in [-0.25, -0.2) is 0 Å². The molecule has 2 heteroatoms. The molecule has 0 fully saturated rings. The predicted octanol–water partition coefficient (Wildman–Crippen LogP) is 2.46. The van der Waals surface area contributed by atoms with Crippen molar-refractivity contribution in [1.29, 1.82) is 0 Å². The molecule has 0 aliphatic rings. The summed E-state index contributed by atoms with van der Waals surface area (Å²) in [4.78, 5) is 10.3. The van der Waals surface area contributed by atoms with E-state index in [1.807, 2.05) is 24.3 Å². The van der Waals surface area contributed by atoms with E-state index in [9.17, 15) is 4.79 Å². The van der Waals surface area contributed by atoms with Crippen molar-refractivity contribution in [2.75, 3.05) is 7.11 Å². The van der Waals surface area contributed by atoms with Crippen LogP contribution in [0.3, 0.4) is 0 Å². The van der Waals surface area contributed by atoms with E-state index in [0.29, 0.717) is 12.3 Å². The zero-order valence-corrected chi connectivity index (χ0v) is 8.69. The summed E-state index contributed by atoms with van der Waals surface area (Å²) in [5, 5.41) is 0. The summed E-state index contributed by atoms with van der Waals surface area (Å²) in [6.45, 7) is 2.08. The molecule has 1 aromatic carbocycles. The monoisotopic (exact) mass is 192 g/mol. The van der Waals surface area contributed by atoms with E-state index in [1.54, 1.807) is 7.11 Å². The summed E-state index contributed by atoms with van der Waals surface area (Å²) >= 11 is 0. The number of rotatable bonds is 5. The van der Waals surface area contributed by atoms with Gasteiger partial charge in [0.15, 0.2) is 0 Å². The number of carbonyl (C=O) groups excluding carboxylic acids is 1. The Balaban J connectivity index is 2.54. The van der Waals surface area contributed by atoms with Crippen LogP contribution in [0, 0.1) is 5.92 Å². The van der Waals surface area contributed by atoms with Crippen molar-refractivity contribution in [2.24, 2.45) is 5.92 Å². The Labute approximate surface area is 84.9 Å². The van der Waals surface area contributed by atoms with Crippen LogP contribution in [0.5, 0.6) is 5.75 Å². The first kappa shape index (κ1) is 10.8. The number of ether oxygens (including phenoxy) is 1. The first-order chi connectivity index (χ1) is 6.76. The lowest BCUT2D eigenvalue weighted by atomic mass is 9.99. The first-order valence-electron chi connectivity index (χ1n) is 4.83. The lowest BCUT2D eigenvalue weighted by molar-refractivity contribution is -0.108. The summed E-state index contributed by atoms with van der Waals surface area (Å²) in [6.07, 6.45) is 2.56. The van der Waals surface area contributed by atoms with Gasteiger partial charge in [0, 0.05) is 6.42 Å². The van der Waals surface area contributed by atoms with E-state index in [2.05, 4.69) is 6.92 Å². The van der Waals surface area contributed by atoms with Crippen molar-refractivity contribution in [2.45, 2.75) is 19.8 Å². The third kappa shape index (κ3) is 3.21. The minimum Gasteiger partial charge on any atom is -0.497 e. The molecule has 1 rings (SSSR count). The molecule has 0 saturated carbocycles. The number of hydrogen-bond donors (Lipinski definition) is 0. The van der Waals surface area contributed by atoms with Crippen LogP contribution in [0.2, 0.25) is 0 Å². The second-order valence-electron chi connectivity index (χ2n) is 3.56. The quantitative estimate of drug-likeness (QED) is 0.670. The molecule has 0 bridgehead atoms. The fourth-order valence-electron chi connectivity index (χ4n) is 1.41. The highest BCUT2D eigenvalue weighted by molar-refractivity contribution is 5.49. The van der Waals surface area contributed by atoms with E-state index in [1.165, 1.54) is 5.56 Å². The minimum absolute atomic E-state index is 0.417. The van der Waals surface area contributed by atoms with Gasteiger partial charge in [-0.2, -0.15) is 0 Å². The van der Waals surface area contributed by atoms with Crippen LogP contribution in [-0.4, -0.2) is 13.4 Å². The zero-order valence-electron chi connectivity index (χ0n) is 8.69. The van der Waals surface area contributed by atoms with Crippen molar-refractivity contribution >= 4 is 6.29 Å². The third-order valence-corrected chi connectivity index (χ3v) is 2.24. The minimum atomic E-state index is 0.417. The largest absolute Gasteiger partial charge is 0.497 e. The fraction of sp³-hybridized carbons (Fsp3) is 0.417. The molecule has 0 aliphatic carbocycles. The van der Waals surface area contributed by atoms with Crippen LogP contribution in [0.4, 0.5) is 0 Å². The fourth-order valence-corrected chi connectivity index (χ4v) is 1.41. The molecule has 0 amide bonds. The van der Waals surface area contributed by atoms with Gasteiger partial charge in [-0.15, -0.1) is 0 Å². The van der Waals surface area contributed by atoms with Crippen molar-refractivity contribution in [3.8, 4) is 5.75 Å². The summed E-state index contributed by atoms with van der Waals surface area (Å²) in [5.74, 6) is 1.29. The summed E-state index contributed by atoms with van der Waals surface area (Å²) in [6, 6.07) is 7.98. The average Bonchev–Trinajstić information content (AvgIpc) is 2.19. The molecule has 0 aliphatic heterocycles. The van der Waals surface area contributed by atoms with Gasteiger partial charge < -0.3 is 9.53 Å². The molecule has 14 heavy (non-hydrogen) atoms. The second-order valence-corrected chi connectivity index (χ2v) is 3.56. The van der Waals surface area contributed by atoms with E-state index < -0.39 is 0 Å². The normalized spacial score (nSPS) is 12.1. The highest BCUT2D eigenvalue weighted by Crippen LogP contribution is 2.15. The van der Waals surface area contributed by atoms with E-state index in [-0.39, 0.29) is 0 Å². The highest BCUT2D eigenvalue weighted by Gasteiger charge is 2.02. The van der Waals surface area contributed by atoms with Crippen LogP contribution in [-0.2, 0) is 11.2 Å². The standard InChI is InChI=1S/C12H16O2/c1-10(7-8-13)9-11-3-5-12(14-2)6-4-11/h3-6,8,10H,7,9H2,1-2H3. The summed E-state index contributed by atoms with van der Waals surface area (Å²) < 4.78 is 5.07. The summed E-state index contributed by atoms with van der Waals surface area (Å²) in [5.41, 5.74) is 1.25. The molecule has 0 spiro atoms. The Morgan fingerprint density at radius 3 is 2.50 bits per heavy atom. The molecule has 0 radical (unpaired) electrons. The van der Waals surface area contributed by atoms with Crippen molar-refractivity contribution in [3.63, 3.8) is 0 Å². The Kier molecular flexibility index (Phi) is 4.17. The van der Waals surface area contributed by atoms with E-state index in [0.717, 1.165) is 18.5 Å². The SMILES string of the molecule is COc1ccc(CC(C)CC=O)cc1. The average molecular weight is 192 g/mol. The van der Waals surface area contributed by atoms with Crippen LogP contribution in [0.1, 0.15) is 18.9 Å². The highest BCUT2D eigenvalue weighted by atomic mass is 16.5. The van der Waals surface area contributed by atoms with Crippen LogP contribution < -0.4 is 4.74 Å². The lowest BCUT2D eigenvalue weighted by Crippen LogP contribution is -2.00. The van der Waals surface area contributed by atoms with E-state index >= 15 is 0 Å². The zero-order chi connectivity index (χ0) is 10.4. The number of methoxy groups -OCH3 is 1. The Morgan fingerprint density at radius 2 is 2.00 bits per heavy atom. The van der Waals surface area contributed by atoms with Crippen molar-refractivity contribution < 1.29 is 9.53 Å². The first-order valence-corrected chi connectivity index (χ1v) is 4.83. The molecule has 1 aromatic rings. The maximum Gasteiger partial charge on any atom is 0.120 e. The molecule has 1 atom stereocenters. The van der Waals surface area contributed by atoms with Crippen molar-refractivity contribution in [1.82, 2.24) is 0 Å². The molecule has 0 N–H and O–H groups in total. The van der Waals surface area contributed by atoms with Crippen molar-refractivity contribution in [3.05, 3.63) is 29.8 Å². The molecule has 1 unspecified atom stereocenters. The second kappa shape index (κ2) is 5.43. The van der Waals surface area contributed by atoms with Crippen LogP contribution in [0.25, 0.3) is 0 Å². The Hall–Kier alpha value is -1.31. The Morgan fingerprint density at radius 1 is 1.36 bits per heavy atom. The number of hydrogen-bond acceptors (Lipinski definition) is 2. The molecular formula is C12H16O2. The van der Waals surface area contributed by atoms with Crippen LogP contribution in [0.15, 0.2) is 24.3 Å². The van der Waals surface area contributed by atoms with Gasteiger partial charge in [0.25, 0.3) is 0 Å². The van der Waals surface area contributed by atoms with Gasteiger partial charge >= 0.3 is 0 Å². The molecule has 0 saturated heterocycles. The lowest BCUT2D eigenvalue weighted by Gasteiger charge is -2.07. The molecule has 2 nitrogen and oxygen atoms in total. The maximum atomic E-state index is 10.3.